The SMILES string of the molecule is CCNC(CSc1ccc(Cl)cc1)Cc1ccc(C)cc1. The van der Waals surface area contributed by atoms with Gasteiger partial charge in [0.05, 0.1) is 0 Å². The number of likely N-dealkylation sites (N-methyl/N-ethyl adjacent to an activating group) is 1. The maximum Gasteiger partial charge on any atom is 0.0406 e. The van der Waals surface area contributed by atoms with Gasteiger partial charge >= 0.3 is 0 Å². The molecule has 0 spiro atoms. The van der Waals surface area contributed by atoms with Crippen molar-refractivity contribution in [3.05, 3.63) is 64.7 Å². The van der Waals surface area contributed by atoms with Crippen LogP contribution in [0.5, 0.6) is 0 Å². The minimum atomic E-state index is 0.485. The van der Waals surface area contributed by atoms with Crippen LogP contribution in [0.15, 0.2) is 53.4 Å². The maximum atomic E-state index is 5.92. The van der Waals surface area contributed by atoms with Crippen molar-refractivity contribution < 1.29 is 0 Å². The number of benzene rings is 2. The Bertz CT molecular complexity index is 536. The van der Waals surface area contributed by atoms with Gasteiger partial charge in [0.25, 0.3) is 0 Å². The molecule has 0 fully saturated rings. The Balaban J connectivity index is 1.92. The molecule has 0 aromatic heterocycles. The molecule has 0 saturated carbocycles. The molecule has 2 rings (SSSR count). The van der Waals surface area contributed by atoms with Crippen molar-refractivity contribution in [2.45, 2.75) is 31.2 Å². The number of nitrogens with one attached hydrogen (secondary N) is 1. The first-order valence-corrected chi connectivity index (χ1v) is 8.71. The fourth-order valence-electron chi connectivity index (χ4n) is 2.22. The predicted octanol–water partition coefficient (Wildman–Crippen LogP) is 4.96. The highest BCUT2D eigenvalue weighted by Gasteiger charge is 2.09. The molecule has 2 aromatic carbocycles. The molecule has 0 amide bonds. The van der Waals surface area contributed by atoms with Crippen LogP contribution in [0.1, 0.15) is 18.1 Å². The number of thioether (sulfide) groups is 1. The Labute approximate surface area is 137 Å². The van der Waals surface area contributed by atoms with Crippen LogP contribution in [-0.4, -0.2) is 18.3 Å². The van der Waals surface area contributed by atoms with Crippen LogP contribution in [0.4, 0.5) is 0 Å². The Morgan fingerprint density at radius 1 is 1.05 bits per heavy atom. The zero-order valence-electron chi connectivity index (χ0n) is 12.6. The van der Waals surface area contributed by atoms with E-state index in [1.807, 2.05) is 23.9 Å². The van der Waals surface area contributed by atoms with Gasteiger partial charge in [0.2, 0.25) is 0 Å². The molecule has 0 aliphatic heterocycles. The molecule has 1 nitrogen and oxygen atoms in total. The summed E-state index contributed by atoms with van der Waals surface area (Å²) in [7, 11) is 0. The molecule has 112 valence electrons. The van der Waals surface area contributed by atoms with Crippen molar-refractivity contribution in [2.24, 2.45) is 0 Å². The van der Waals surface area contributed by atoms with E-state index in [9.17, 15) is 0 Å². The molecule has 0 aliphatic carbocycles. The van der Waals surface area contributed by atoms with Gasteiger partial charge < -0.3 is 5.32 Å². The molecule has 0 aliphatic rings. The molecule has 0 saturated heterocycles. The first-order valence-electron chi connectivity index (χ1n) is 7.34. The third kappa shape index (κ3) is 5.74. The lowest BCUT2D eigenvalue weighted by molar-refractivity contribution is 0.572. The summed E-state index contributed by atoms with van der Waals surface area (Å²) in [6, 6.07) is 17.4. The number of rotatable bonds is 7. The van der Waals surface area contributed by atoms with Crippen LogP contribution in [0.25, 0.3) is 0 Å². The van der Waals surface area contributed by atoms with E-state index in [2.05, 4.69) is 55.6 Å². The van der Waals surface area contributed by atoms with Gasteiger partial charge in [0.15, 0.2) is 0 Å². The van der Waals surface area contributed by atoms with E-state index in [-0.39, 0.29) is 0 Å². The third-order valence-electron chi connectivity index (χ3n) is 3.36. The van der Waals surface area contributed by atoms with Gasteiger partial charge in [-0.1, -0.05) is 48.4 Å². The van der Waals surface area contributed by atoms with Gasteiger partial charge in [0, 0.05) is 21.7 Å². The minimum absolute atomic E-state index is 0.485. The summed E-state index contributed by atoms with van der Waals surface area (Å²) in [5.41, 5.74) is 2.71. The first kappa shape index (κ1) is 16.4. The van der Waals surface area contributed by atoms with E-state index in [0.29, 0.717) is 6.04 Å². The maximum absolute atomic E-state index is 5.92. The lowest BCUT2D eigenvalue weighted by Gasteiger charge is -2.18. The van der Waals surface area contributed by atoms with Crippen LogP contribution in [0.2, 0.25) is 5.02 Å². The number of halogens is 1. The molecular formula is C18H22ClNS. The van der Waals surface area contributed by atoms with Crippen LogP contribution in [0, 0.1) is 6.92 Å². The molecule has 0 radical (unpaired) electrons. The summed E-state index contributed by atoms with van der Waals surface area (Å²) in [6.07, 6.45) is 1.06. The Kier molecular flexibility index (Phi) is 6.62. The fourth-order valence-corrected chi connectivity index (χ4v) is 3.30. The lowest BCUT2D eigenvalue weighted by Crippen LogP contribution is -2.33. The second-order valence-electron chi connectivity index (χ2n) is 5.21. The van der Waals surface area contributed by atoms with E-state index in [4.69, 9.17) is 11.6 Å². The highest BCUT2D eigenvalue weighted by Crippen LogP contribution is 2.22. The Morgan fingerprint density at radius 3 is 2.33 bits per heavy atom. The molecule has 3 heteroatoms. The van der Waals surface area contributed by atoms with Gasteiger partial charge in [-0.2, -0.15) is 0 Å². The summed E-state index contributed by atoms with van der Waals surface area (Å²) in [5.74, 6) is 1.06. The minimum Gasteiger partial charge on any atom is -0.313 e. The van der Waals surface area contributed by atoms with Crippen molar-refractivity contribution in [3.8, 4) is 0 Å². The van der Waals surface area contributed by atoms with Crippen LogP contribution in [-0.2, 0) is 6.42 Å². The largest absolute Gasteiger partial charge is 0.313 e. The van der Waals surface area contributed by atoms with Crippen molar-refractivity contribution in [3.63, 3.8) is 0 Å². The third-order valence-corrected chi connectivity index (χ3v) is 4.79. The first-order chi connectivity index (χ1) is 10.2. The summed E-state index contributed by atoms with van der Waals surface area (Å²) in [5, 5.41) is 4.37. The quantitative estimate of drug-likeness (QED) is 0.724. The van der Waals surface area contributed by atoms with Crippen LogP contribution >= 0.6 is 23.4 Å². The van der Waals surface area contributed by atoms with E-state index in [1.54, 1.807) is 0 Å². The summed E-state index contributed by atoms with van der Waals surface area (Å²) >= 11 is 7.80. The number of hydrogen-bond acceptors (Lipinski definition) is 2. The lowest BCUT2D eigenvalue weighted by atomic mass is 10.1. The molecule has 1 atom stereocenters. The van der Waals surface area contributed by atoms with Crippen molar-refractivity contribution >= 4 is 23.4 Å². The monoisotopic (exact) mass is 319 g/mol. The molecule has 1 N–H and O–H groups in total. The summed E-state index contributed by atoms with van der Waals surface area (Å²) in [6.45, 7) is 5.29. The highest BCUT2D eigenvalue weighted by molar-refractivity contribution is 7.99. The Morgan fingerprint density at radius 2 is 1.71 bits per heavy atom. The van der Waals surface area contributed by atoms with Crippen molar-refractivity contribution in [1.82, 2.24) is 5.32 Å². The van der Waals surface area contributed by atoms with Gasteiger partial charge in [-0.05, 0) is 49.7 Å². The van der Waals surface area contributed by atoms with Crippen molar-refractivity contribution in [2.75, 3.05) is 12.3 Å². The van der Waals surface area contributed by atoms with Gasteiger partial charge in [-0.25, -0.2) is 0 Å². The molecule has 21 heavy (non-hydrogen) atoms. The molecule has 1 unspecified atom stereocenters. The Hall–Kier alpha value is -0.960. The molecule has 2 aromatic rings. The van der Waals surface area contributed by atoms with E-state index in [0.717, 1.165) is 23.7 Å². The van der Waals surface area contributed by atoms with Gasteiger partial charge in [-0.3, -0.25) is 0 Å². The zero-order chi connectivity index (χ0) is 15.1. The normalized spacial score (nSPS) is 12.3. The van der Waals surface area contributed by atoms with Crippen LogP contribution < -0.4 is 5.32 Å². The smallest absolute Gasteiger partial charge is 0.0406 e. The van der Waals surface area contributed by atoms with E-state index >= 15 is 0 Å². The average Bonchev–Trinajstić information content (AvgIpc) is 2.49. The molecular weight excluding hydrogens is 298 g/mol. The van der Waals surface area contributed by atoms with Crippen LogP contribution in [0.3, 0.4) is 0 Å². The van der Waals surface area contributed by atoms with Gasteiger partial charge in [0.1, 0.15) is 0 Å². The molecule has 0 heterocycles. The highest BCUT2D eigenvalue weighted by atomic mass is 35.5. The predicted molar refractivity (Wildman–Crippen MR) is 94.5 cm³/mol. The molecule has 0 bridgehead atoms. The van der Waals surface area contributed by atoms with Gasteiger partial charge in [-0.15, -0.1) is 11.8 Å². The second-order valence-corrected chi connectivity index (χ2v) is 6.74. The summed E-state index contributed by atoms with van der Waals surface area (Å²) in [4.78, 5) is 1.27. The number of hydrogen-bond donors (Lipinski definition) is 1. The summed E-state index contributed by atoms with van der Waals surface area (Å²) < 4.78 is 0. The van der Waals surface area contributed by atoms with E-state index < -0.39 is 0 Å². The van der Waals surface area contributed by atoms with Crippen molar-refractivity contribution in [1.29, 1.82) is 0 Å². The topological polar surface area (TPSA) is 12.0 Å². The fraction of sp³-hybridized carbons (Fsp3) is 0.333. The standard InChI is InChI=1S/C18H22ClNS/c1-3-20-17(12-15-6-4-14(2)5-7-15)13-21-18-10-8-16(19)9-11-18/h4-11,17,20H,3,12-13H2,1-2H3. The zero-order valence-corrected chi connectivity index (χ0v) is 14.2. The average molecular weight is 320 g/mol. The second kappa shape index (κ2) is 8.47. The number of aryl methyl sites for hydroxylation is 1. The van der Waals surface area contributed by atoms with E-state index in [1.165, 1.54) is 16.0 Å².